The summed E-state index contributed by atoms with van der Waals surface area (Å²) in [6, 6.07) is 7.83. The number of benzene rings is 1. The number of carbonyl (C=O) groups is 1. The SMILES string of the molecule is COCCOCO[C@@H]1C[C@@H]2[C@H](/C=C/CCC[C@H](C)OC(=O)/C=C/[C@H]2OCc2ccc(OC)cc2)C1. The van der Waals surface area contributed by atoms with Crippen molar-refractivity contribution >= 4 is 5.97 Å². The second-order valence-corrected chi connectivity index (χ2v) is 9.20. The van der Waals surface area contributed by atoms with E-state index in [9.17, 15) is 4.79 Å². The monoisotopic (exact) mass is 488 g/mol. The van der Waals surface area contributed by atoms with Gasteiger partial charge in [-0.25, -0.2) is 4.79 Å². The zero-order valence-electron chi connectivity index (χ0n) is 21.2. The van der Waals surface area contributed by atoms with Gasteiger partial charge in [0, 0.05) is 13.2 Å². The van der Waals surface area contributed by atoms with Gasteiger partial charge in [-0.05, 0) is 74.6 Å². The third kappa shape index (κ3) is 9.41. The second kappa shape index (κ2) is 15.0. The summed E-state index contributed by atoms with van der Waals surface area (Å²) in [7, 11) is 3.30. The highest BCUT2D eigenvalue weighted by molar-refractivity contribution is 5.82. The maximum Gasteiger partial charge on any atom is 0.330 e. The molecule has 2 aliphatic rings. The fourth-order valence-electron chi connectivity index (χ4n) is 4.63. The maximum atomic E-state index is 12.4. The molecule has 0 amide bonds. The third-order valence-corrected chi connectivity index (χ3v) is 6.57. The zero-order chi connectivity index (χ0) is 24.9. The molecule has 7 nitrogen and oxygen atoms in total. The molecule has 194 valence electrons. The van der Waals surface area contributed by atoms with Gasteiger partial charge in [0.15, 0.2) is 0 Å². The molecule has 0 aromatic heterocycles. The maximum absolute atomic E-state index is 12.4. The normalized spacial score (nSPS) is 29.2. The van der Waals surface area contributed by atoms with Crippen molar-refractivity contribution in [2.75, 3.05) is 34.2 Å². The molecule has 1 saturated carbocycles. The molecule has 1 aliphatic heterocycles. The summed E-state index contributed by atoms with van der Waals surface area (Å²) < 4.78 is 33.8. The number of allylic oxidation sites excluding steroid dienone is 2. The number of hydrogen-bond donors (Lipinski definition) is 0. The van der Waals surface area contributed by atoms with Crippen molar-refractivity contribution in [3.8, 4) is 5.75 Å². The zero-order valence-corrected chi connectivity index (χ0v) is 21.2. The minimum atomic E-state index is -0.323. The van der Waals surface area contributed by atoms with Gasteiger partial charge in [0.25, 0.3) is 0 Å². The van der Waals surface area contributed by atoms with E-state index in [0.717, 1.165) is 43.4 Å². The lowest BCUT2D eigenvalue weighted by molar-refractivity contribution is -0.142. The standard InChI is InChI=1S/C28H40O7/c1-21-7-5-4-6-8-23-17-25(34-20-32-16-15-30-2)18-26(23)27(13-14-28(29)35-21)33-19-22-9-11-24(31-3)12-10-22/h6,8-14,21,23,25-27H,4-5,7,15-20H2,1-3H3/b8-6+,14-13+/t21-,23+,25-,26+,27+/m0/s1. The average Bonchev–Trinajstić information content (AvgIpc) is 3.26. The van der Waals surface area contributed by atoms with Crippen LogP contribution in [0, 0.1) is 11.8 Å². The molecule has 0 unspecified atom stereocenters. The molecule has 7 heteroatoms. The Morgan fingerprint density at radius 1 is 1.03 bits per heavy atom. The average molecular weight is 489 g/mol. The largest absolute Gasteiger partial charge is 0.497 e. The number of ether oxygens (including phenoxy) is 6. The number of fused-ring (bicyclic) bond motifs is 1. The number of esters is 1. The highest BCUT2D eigenvalue weighted by atomic mass is 16.7. The first kappa shape index (κ1) is 27.4. The van der Waals surface area contributed by atoms with Gasteiger partial charge in [-0.3, -0.25) is 0 Å². The van der Waals surface area contributed by atoms with Crippen LogP contribution in [0.25, 0.3) is 0 Å². The lowest BCUT2D eigenvalue weighted by atomic mass is 9.89. The molecule has 0 bridgehead atoms. The molecule has 5 atom stereocenters. The van der Waals surface area contributed by atoms with Gasteiger partial charge in [-0.1, -0.05) is 24.3 Å². The highest BCUT2D eigenvalue weighted by Crippen LogP contribution is 2.39. The molecule has 1 aliphatic carbocycles. The van der Waals surface area contributed by atoms with Crippen LogP contribution in [0.3, 0.4) is 0 Å². The number of hydrogen-bond acceptors (Lipinski definition) is 7. The van der Waals surface area contributed by atoms with Crippen LogP contribution >= 0.6 is 0 Å². The Kier molecular flexibility index (Phi) is 11.8. The van der Waals surface area contributed by atoms with Gasteiger partial charge in [-0.15, -0.1) is 0 Å². The molecule has 0 spiro atoms. The summed E-state index contributed by atoms with van der Waals surface area (Å²) in [6.45, 7) is 3.67. The highest BCUT2D eigenvalue weighted by Gasteiger charge is 2.38. The fourth-order valence-corrected chi connectivity index (χ4v) is 4.63. The first-order valence-electron chi connectivity index (χ1n) is 12.6. The Labute approximate surface area is 209 Å². The minimum Gasteiger partial charge on any atom is -0.497 e. The molecule has 0 saturated heterocycles. The van der Waals surface area contributed by atoms with E-state index in [0.29, 0.717) is 25.7 Å². The molecule has 1 heterocycles. The van der Waals surface area contributed by atoms with Crippen LogP contribution in [0.2, 0.25) is 0 Å². The molecule has 0 N–H and O–H groups in total. The summed E-state index contributed by atoms with van der Waals surface area (Å²) in [5.41, 5.74) is 1.04. The van der Waals surface area contributed by atoms with Gasteiger partial charge in [0.05, 0.1) is 45.2 Å². The van der Waals surface area contributed by atoms with Crippen LogP contribution in [0.4, 0.5) is 0 Å². The topological polar surface area (TPSA) is 72.5 Å². The van der Waals surface area contributed by atoms with Crippen LogP contribution in [-0.2, 0) is 35.1 Å². The van der Waals surface area contributed by atoms with Gasteiger partial charge in [0.1, 0.15) is 12.5 Å². The van der Waals surface area contributed by atoms with Crippen LogP contribution in [0.15, 0.2) is 48.6 Å². The molecule has 35 heavy (non-hydrogen) atoms. The van der Waals surface area contributed by atoms with E-state index >= 15 is 0 Å². The molecule has 1 aromatic rings. The Morgan fingerprint density at radius 3 is 2.63 bits per heavy atom. The van der Waals surface area contributed by atoms with Crippen molar-refractivity contribution in [2.24, 2.45) is 11.8 Å². The van der Waals surface area contributed by atoms with Gasteiger partial charge >= 0.3 is 5.97 Å². The predicted octanol–water partition coefficient (Wildman–Crippen LogP) is 4.84. The minimum absolute atomic E-state index is 0.0672. The summed E-state index contributed by atoms with van der Waals surface area (Å²) in [4.78, 5) is 12.4. The molecule has 1 aromatic carbocycles. The lowest BCUT2D eigenvalue weighted by Gasteiger charge is -2.25. The van der Waals surface area contributed by atoms with E-state index in [4.69, 9.17) is 28.4 Å². The summed E-state index contributed by atoms with van der Waals surface area (Å²) >= 11 is 0. The predicted molar refractivity (Wildman–Crippen MR) is 133 cm³/mol. The Balaban J connectivity index is 1.72. The fraction of sp³-hybridized carbons (Fsp3) is 0.607. The van der Waals surface area contributed by atoms with Crippen molar-refractivity contribution in [2.45, 2.75) is 63.9 Å². The molecule has 3 rings (SSSR count). The van der Waals surface area contributed by atoms with Crippen molar-refractivity contribution in [3.63, 3.8) is 0 Å². The van der Waals surface area contributed by atoms with Gasteiger partial charge < -0.3 is 28.4 Å². The molecular weight excluding hydrogens is 448 g/mol. The Morgan fingerprint density at radius 2 is 1.86 bits per heavy atom. The van der Waals surface area contributed by atoms with Crippen LogP contribution < -0.4 is 4.74 Å². The van der Waals surface area contributed by atoms with Gasteiger partial charge in [0.2, 0.25) is 0 Å². The molecular formula is C28H40O7. The van der Waals surface area contributed by atoms with E-state index in [2.05, 4.69) is 12.2 Å². The number of cyclic esters (lactones) is 1. The molecule has 1 fully saturated rings. The Bertz CT molecular complexity index is 804. The van der Waals surface area contributed by atoms with Crippen LogP contribution in [0.5, 0.6) is 5.75 Å². The summed E-state index contributed by atoms with van der Waals surface area (Å²) in [6.07, 6.45) is 12.2. The summed E-state index contributed by atoms with van der Waals surface area (Å²) in [5, 5.41) is 0. The first-order valence-corrected chi connectivity index (χ1v) is 12.6. The first-order chi connectivity index (χ1) is 17.1. The van der Waals surface area contributed by atoms with E-state index in [-0.39, 0.29) is 37.0 Å². The van der Waals surface area contributed by atoms with Crippen LogP contribution in [0.1, 0.15) is 44.6 Å². The lowest BCUT2D eigenvalue weighted by Crippen LogP contribution is -2.25. The Hall–Kier alpha value is -2.19. The smallest absolute Gasteiger partial charge is 0.330 e. The number of carbonyl (C=O) groups excluding carboxylic acids is 1. The van der Waals surface area contributed by atoms with Gasteiger partial charge in [-0.2, -0.15) is 0 Å². The quantitative estimate of drug-likeness (QED) is 0.202. The van der Waals surface area contributed by atoms with E-state index in [1.165, 1.54) is 6.08 Å². The third-order valence-electron chi connectivity index (χ3n) is 6.57. The van der Waals surface area contributed by atoms with E-state index < -0.39 is 0 Å². The van der Waals surface area contributed by atoms with Crippen molar-refractivity contribution in [1.82, 2.24) is 0 Å². The van der Waals surface area contributed by atoms with Crippen LogP contribution in [-0.4, -0.2) is 58.5 Å². The number of rotatable bonds is 10. The van der Waals surface area contributed by atoms with Crippen molar-refractivity contribution in [1.29, 1.82) is 0 Å². The van der Waals surface area contributed by atoms with E-state index in [1.54, 1.807) is 14.2 Å². The van der Waals surface area contributed by atoms with E-state index in [1.807, 2.05) is 37.3 Å². The molecule has 0 radical (unpaired) electrons. The number of methoxy groups -OCH3 is 2. The second-order valence-electron chi connectivity index (χ2n) is 9.20. The summed E-state index contributed by atoms with van der Waals surface area (Å²) in [5.74, 6) is 0.951. The van der Waals surface area contributed by atoms with Crippen molar-refractivity contribution < 1.29 is 33.2 Å². The van der Waals surface area contributed by atoms with Crippen molar-refractivity contribution in [3.05, 3.63) is 54.1 Å².